The van der Waals surface area contributed by atoms with E-state index in [0.29, 0.717) is 26.2 Å². The average Bonchev–Trinajstić information content (AvgIpc) is 3.17. The van der Waals surface area contributed by atoms with Crippen molar-refractivity contribution in [2.75, 3.05) is 19.6 Å². The SMILES string of the molecule is CCN1Cc2cc(-c3ccc(CN4CC(=O)N(CC)C4=O)cc3)ccc2C1=O. The summed E-state index contributed by atoms with van der Waals surface area (Å²) < 4.78 is 0. The Morgan fingerprint density at radius 2 is 1.54 bits per heavy atom. The second kappa shape index (κ2) is 7.11. The van der Waals surface area contributed by atoms with Crippen molar-refractivity contribution in [3.05, 3.63) is 59.2 Å². The molecule has 0 aliphatic carbocycles. The Balaban J connectivity index is 1.50. The lowest BCUT2D eigenvalue weighted by molar-refractivity contribution is -0.125. The zero-order chi connectivity index (χ0) is 19.8. The molecule has 1 fully saturated rings. The highest BCUT2D eigenvalue weighted by Crippen LogP contribution is 2.29. The molecule has 28 heavy (non-hydrogen) atoms. The van der Waals surface area contributed by atoms with Gasteiger partial charge in [-0.3, -0.25) is 14.5 Å². The number of likely N-dealkylation sites (N-methyl/N-ethyl adjacent to an activating group) is 1. The quantitative estimate of drug-likeness (QED) is 0.752. The number of nitrogens with zero attached hydrogens (tertiary/aromatic N) is 3. The van der Waals surface area contributed by atoms with Crippen molar-refractivity contribution in [3.63, 3.8) is 0 Å². The van der Waals surface area contributed by atoms with Gasteiger partial charge in [0.2, 0.25) is 5.91 Å². The number of carbonyl (C=O) groups excluding carboxylic acids is 3. The zero-order valence-electron chi connectivity index (χ0n) is 16.1. The molecule has 2 aliphatic rings. The van der Waals surface area contributed by atoms with Gasteiger partial charge in [-0.1, -0.05) is 30.3 Å². The number of hydrogen-bond donors (Lipinski definition) is 0. The van der Waals surface area contributed by atoms with Crippen LogP contribution >= 0.6 is 0 Å². The van der Waals surface area contributed by atoms with Crippen molar-refractivity contribution in [1.82, 2.24) is 14.7 Å². The Bertz CT molecular complexity index is 952. The first-order valence-corrected chi connectivity index (χ1v) is 9.62. The van der Waals surface area contributed by atoms with Crippen LogP contribution < -0.4 is 0 Å². The van der Waals surface area contributed by atoms with Gasteiger partial charge >= 0.3 is 6.03 Å². The number of fused-ring (bicyclic) bond motifs is 1. The number of rotatable bonds is 5. The molecular formula is C22H23N3O3. The topological polar surface area (TPSA) is 60.9 Å². The molecule has 2 heterocycles. The van der Waals surface area contributed by atoms with Crippen molar-refractivity contribution in [3.8, 4) is 11.1 Å². The fraction of sp³-hybridized carbons (Fsp3) is 0.318. The van der Waals surface area contributed by atoms with E-state index < -0.39 is 0 Å². The lowest BCUT2D eigenvalue weighted by Gasteiger charge is -2.16. The van der Waals surface area contributed by atoms with Crippen LogP contribution in [0.2, 0.25) is 0 Å². The van der Waals surface area contributed by atoms with Crippen LogP contribution in [0.5, 0.6) is 0 Å². The number of urea groups is 1. The number of hydrogen-bond acceptors (Lipinski definition) is 3. The second-order valence-electron chi connectivity index (χ2n) is 7.16. The maximum absolute atomic E-state index is 12.2. The summed E-state index contributed by atoms with van der Waals surface area (Å²) in [5.41, 5.74) is 4.97. The Hall–Kier alpha value is -3.15. The van der Waals surface area contributed by atoms with Crippen LogP contribution in [0.1, 0.15) is 35.3 Å². The first-order valence-electron chi connectivity index (χ1n) is 9.62. The molecule has 4 rings (SSSR count). The first-order chi connectivity index (χ1) is 13.5. The van der Waals surface area contributed by atoms with Crippen LogP contribution in [-0.4, -0.2) is 52.2 Å². The fourth-order valence-electron chi connectivity index (χ4n) is 3.87. The summed E-state index contributed by atoms with van der Waals surface area (Å²) in [6.07, 6.45) is 0. The van der Waals surface area contributed by atoms with Gasteiger partial charge in [-0.15, -0.1) is 0 Å². The summed E-state index contributed by atoms with van der Waals surface area (Å²) in [7, 11) is 0. The van der Waals surface area contributed by atoms with Gasteiger partial charge in [-0.2, -0.15) is 0 Å². The molecule has 2 aromatic rings. The van der Waals surface area contributed by atoms with Crippen molar-refractivity contribution in [2.24, 2.45) is 0 Å². The molecule has 6 nitrogen and oxygen atoms in total. The summed E-state index contributed by atoms with van der Waals surface area (Å²) in [6, 6.07) is 13.8. The predicted octanol–water partition coefficient (Wildman–Crippen LogP) is 3.11. The molecule has 0 saturated carbocycles. The molecule has 6 heteroatoms. The normalized spacial score (nSPS) is 16.4. The Kier molecular flexibility index (Phi) is 4.63. The van der Waals surface area contributed by atoms with Crippen LogP contribution in [-0.2, 0) is 17.9 Å². The minimum absolute atomic E-state index is 0.102. The third-order valence-electron chi connectivity index (χ3n) is 5.47. The first kappa shape index (κ1) is 18.2. The van der Waals surface area contributed by atoms with Crippen LogP contribution in [0.4, 0.5) is 4.79 Å². The molecule has 0 aromatic heterocycles. The molecule has 2 aromatic carbocycles. The molecule has 1 saturated heterocycles. The molecule has 0 radical (unpaired) electrons. The Labute approximate surface area is 164 Å². The monoisotopic (exact) mass is 377 g/mol. The van der Waals surface area contributed by atoms with E-state index in [4.69, 9.17) is 0 Å². The maximum atomic E-state index is 12.2. The van der Waals surface area contributed by atoms with Gasteiger partial charge in [-0.25, -0.2) is 4.79 Å². The minimum atomic E-state index is -0.222. The van der Waals surface area contributed by atoms with Crippen LogP contribution in [0.3, 0.4) is 0 Å². The molecule has 0 spiro atoms. The number of imide groups is 1. The summed E-state index contributed by atoms with van der Waals surface area (Å²) in [5, 5.41) is 0. The lowest BCUT2D eigenvalue weighted by Crippen LogP contribution is -2.32. The predicted molar refractivity (Wildman–Crippen MR) is 105 cm³/mol. The number of benzene rings is 2. The molecular weight excluding hydrogens is 354 g/mol. The smallest absolute Gasteiger partial charge is 0.327 e. The van der Waals surface area contributed by atoms with Gasteiger partial charge in [0.05, 0.1) is 0 Å². The highest BCUT2D eigenvalue weighted by molar-refractivity contribution is 6.02. The summed E-state index contributed by atoms with van der Waals surface area (Å²) >= 11 is 0. The summed E-state index contributed by atoms with van der Waals surface area (Å²) in [6.45, 7) is 6.14. The number of amides is 4. The van der Waals surface area contributed by atoms with Gasteiger partial charge in [0.15, 0.2) is 0 Å². The highest BCUT2D eigenvalue weighted by atomic mass is 16.2. The van der Waals surface area contributed by atoms with Crippen LogP contribution in [0, 0.1) is 0 Å². The van der Waals surface area contributed by atoms with Gasteiger partial charge in [0.1, 0.15) is 6.54 Å². The van der Waals surface area contributed by atoms with Crippen molar-refractivity contribution < 1.29 is 14.4 Å². The summed E-state index contributed by atoms with van der Waals surface area (Å²) in [4.78, 5) is 41.0. The summed E-state index contributed by atoms with van der Waals surface area (Å²) in [5.74, 6) is -0.0386. The van der Waals surface area contributed by atoms with Gasteiger partial charge in [-0.05, 0) is 48.2 Å². The van der Waals surface area contributed by atoms with Crippen LogP contribution in [0.25, 0.3) is 11.1 Å². The van der Waals surface area contributed by atoms with E-state index >= 15 is 0 Å². The average molecular weight is 377 g/mol. The van der Waals surface area contributed by atoms with E-state index in [1.54, 1.807) is 11.8 Å². The number of carbonyl (C=O) groups is 3. The van der Waals surface area contributed by atoms with E-state index in [2.05, 4.69) is 6.07 Å². The molecule has 0 unspecified atom stereocenters. The largest absolute Gasteiger partial charge is 0.335 e. The standard InChI is InChI=1S/C22H23N3O3/c1-3-23-13-18-11-17(9-10-19(18)21(23)27)16-7-5-15(6-8-16)12-24-14-20(26)25(4-2)22(24)28/h5-11H,3-4,12-14H2,1-2H3. The fourth-order valence-corrected chi connectivity index (χ4v) is 3.87. The second-order valence-corrected chi connectivity index (χ2v) is 7.16. The molecule has 0 N–H and O–H groups in total. The highest BCUT2D eigenvalue weighted by Gasteiger charge is 2.34. The molecule has 4 amide bonds. The zero-order valence-corrected chi connectivity index (χ0v) is 16.1. The third kappa shape index (κ3) is 3.05. The Morgan fingerprint density at radius 1 is 0.821 bits per heavy atom. The van der Waals surface area contributed by atoms with Gasteiger partial charge < -0.3 is 9.80 Å². The van der Waals surface area contributed by atoms with Crippen molar-refractivity contribution in [1.29, 1.82) is 0 Å². The van der Waals surface area contributed by atoms with Crippen molar-refractivity contribution >= 4 is 17.8 Å². The van der Waals surface area contributed by atoms with E-state index in [9.17, 15) is 14.4 Å². The minimum Gasteiger partial charge on any atom is -0.335 e. The molecule has 144 valence electrons. The van der Waals surface area contributed by atoms with E-state index in [1.165, 1.54) is 4.90 Å². The van der Waals surface area contributed by atoms with Crippen LogP contribution in [0.15, 0.2) is 42.5 Å². The van der Waals surface area contributed by atoms with Gasteiger partial charge in [0.25, 0.3) is 5.91 Å². The van der Waals surface area contributed by atoms with E-state index in [0.717, 1.165) is 27.8 Å². The van der Waals surface area contributed by atoms with E-state index in [-0.39, 0.29) is 24.4 Å². The molecule has 2 aliphatic heterocycles. The van der Waals surface area contributed by atoms with E-state index in [1.807, 2.05) is 48.2 Å². The maximum Gasteiger partial charge on any atom is 0.327 e. The molecule has 0 atom stereocenters. The third-order valence-corrected chi connectivity index (χ3v) is 5.47. The molecule has 0 bridgehead atoms. The van der Waals surface area contributed by atoms with Gasteiger partial charge in [0, 0.05) is 31.7 Å². The Morgan fingerprint density at radius 3 is 2.18 bits per heavy atom. The van der Waals surface area contributed by atoms with Crippen molar-refractivity contribution in [2.45, 2.75) is 26.9 Å². The lowest BCUT2D eigenvalue weighted by atomic mass is 9.99.